The van der Waals surface area contributed by atoms with Crippen LogP contribution in [0.15, 0.2) is 0 Å². The van der Waals surface area contributed by atoms with E-state index >= 15 is 0 Å². The minimum absolute atomic E-state index is 0.106. The van der Waals surface area contributed by atoms with E-state index in [1.54, 1.807) is 0 Å². The number of aliphatic hydroxyl groups is 1. The van der Waals surface area contributed by atoms with Gasteiger partial charge in [0.15, 0.2) is 12.2 Å². The minimum atomic E-state index is -4.97. The standard InChI is InChI=1S/C89H174O17P2/c1-7-10-12-14-16-18-20-22-24-26-28-30-32-34-36-38-40-42-47-53-59-65-71-86(91)99-77-84(105-88(93)73-67-61-54-48-43-41-39-37-35-33-31-29-27-25-23-21-19-17-15-13-11-8-2)79-103-107(95,96)101-75-83(90)76-102-108(97,98)104-80-85(78-100-87(92)72-66-60-56-50-51-57-63-69-81(4)5)106-89(94)74-68-62-55-49-45-44-46-52-58-64-70-82(6)9-3/h81-85,90H,7-80H2,1-6H3,(H,95,96)(H,97,98)/t82?,83-,84-,85-/m1/s1. The van der Waals surface area contributed by atoms with Gasteiger partial charge >= 0.3 is 39.5 Å². The summed E-state index contributed by atoms with van der Waals surface area (Å²) in [5, 5.41) is 10.7. The molecular weight excluding hydrogens is 1400 g/mol. The number of hydrogen-bond donors (Lipinski definition) is 3. The quantitative estimate of drug-likeness (QED) is 0.0222. The Morgan fingerprint density at radius 1 is 0.269 bits per heavy atom. The van der Waals surface area contributed by atoms with Gasteiger partial charge in [-0.25, -0.2) is 9.13 Å². The average Bonchev–Trinajstić information content (AvgIpc) is 0.902. The van der Waals surface area contributed by atoms with Gasteiger partial charge in [0.1, 0.15) is 19.3 Å². The third-order valence-electron chi connectivity index (χ3n) is 21.3. The number of carbonyl (C=O) groups is 4. The van der Waals surface area contributed by atoms with E-state index < -0.39 is 97.5 Å². The van der Waals surface area contributed by atoms with Gasteiger partial charge in [-0.15, -0.1) is 0 Å². The maximum atomic E-state index is 13.2. The molecule has 0 saturated heterocycles. The second-order valence-corrected chi connectivity index (χ2v) is 35.6. The smallest absolute Gasteiger partial charge is 0.462 e. The molecule has 0 bridgehead atoms. The first kappa shape index (κ1) is 106. The number of ether oxygens (including phenoxy) is 4. The Labute approximate surface area is 664 Å². The molecule has 0 aromatic carbocycles. The largest absolute Gasteiger partial charge is 0.472 e. The fraction of sp³-hybridized carbons (Fsp3) is 0.955. The van der Waals surface area contributed by atoms with Gasteiger partial charge in [0.25, 0.3) is 0 Å². The SMILES string of the molecule is CCCCCCCCCCCCCCCCCCCCCCCCC(=O)OC[C@H](COP(=O)(O)OC[C@@H](O)COP(=O)(O)OC[C@@H](COC(=O)CCCCCCCCCC(C)C)OC(=O)CCCCCCCCCCCCC(C)CC)OC(=O)CCCCCCCCCCCCCCCCCCCCCCCC. The summed E-state index contributed by atoms with van der Waals surface area (Å²) in [5.74, 6) is -0.595. The summed E-state index contributed by atoms with van der Waals surface area (Å²) < 4.78 is 68.9. The number of esters is 4. The Morgan fingerprint density at radius 3 is 0.704 bits per heavy atom. The van der Waals surface area contributed by atoms with Crippen molar-refractivity contribution in [3.05, 3.63) is 0 Å². The molecule has 17 nitrogen and oxygen atoms in total. The van der Waals surface area contributed by atoms with Crippen molar-refractivity contribution < 1.29 is 80.2 Å². The first-order chi connectivity index (χ1) is 52.4. The van der Waals surface area contributed by atoms with Gasteiger partial charge in [0.05, 0.1) is 26.4 Å². The summed E-state index contributed by atoms with van der Waals surface area (Å²) in [6.07, 6.45) is 74.0. The van der Waals surface area contributed by atoms with Gasteiger partial charge in [0, 0.05) is 25.7 Å². The number of unbranched alkanes of at least 4 members (excludes halogenated alkanes) is 57. The van der Waals surface area contributed by atoms with Gasteiger partial charge in [-0.3, -0.25) is 37.3 Å². The van der Waals surface area contributed by atoms with Crippen LogP contribution >= 0.6 is 15.6 Å². The molecule has 0 fully saturated rings. The van der Waals surface area contributed by atoms with Crippen LogP contribution in [-0.2, 0) is 65.4 Å². The second kappa shape index (κ2) is 80.3. The first-order valence-corrected chi connectivity index (χ1v) is 49.0. The number of rotatable bonds is 88. The van der Waals surface area contributed by atoms with Crippen molar-refractivity contribution in [2.24, 2.45) is 11.8 Å². The van der Waals surface area contributed by atoms with Crippen LogP contribution in [0.5, 0.6) is 0 Å². The lowest BCUT2D eigenvalue weighted by Gasteiger charge is -2.21. The predicted octanol–water partition coefficient (Wildman–Crippen LogP) is 27.4. The Bertz CT molecular complexity index is 2070. The Balaban J connectivity index is 5.20. The fourth-order valence-corrected chi connectivity index (χ4v) is 15.5. The summed E-state index contributed by atoms with van der Waals surface area (Å²) in [6, 6.07) is 0. The van der Waals surface area contributed by atoms with Crippen LogP contribution in [0.3, 0.4) is 0 Å². The Kier molecular flexibility index (Phi) is 78.8. The topological polar surface area (TPSA) is 237 Å². The molecule has 0 spiro atoms. The molecule has 6 atom stereocenters. The molecule has 0 aliphatic heterocycles. The molecule has 0 aromatic heterocycles. The number of aliphatic hydroxyl groups excluding tert-OH is 1. The van der Waals surface area contributed by atoms with E-state index in [1.807, 2.05) is 0 Å². The molecule has 108 heavy (non-hydrogen) atoms. The van der Waals surface area contributed by atoms with Crippen molar-refractivity contribution in [2.75, 3.05) is 39.6 Å². The van der Waals surface area contributed by atoms with Gasteiger partial charge in [0.2, 0.25) is 0 Å². The summed E-state index contributed by atoms with van der Waals surface area (Å²) in [6.45, 7) is 9.64. The maximum Gasteiger partial charge on any atom is 0.472 e. The summed E-state index contributed by atoms with van der Waals surface area (Å²) in [7, 11) is -9.93. The summed E-state index contributed by atoms with van der Waals surface area (Å²) in [5.41, 5.74) is 0. The monoisotopic (exact) mass is 1580 g/mol. The summed E-state index contributed by atoms with van der Waals surface area (Å²) in [4.78, 5) is 73.3. The average molecular weight is 1580 g/mol. The fourth-order valence-electron chi connectivity index (χ4n) is 13.9. The Hall–Kier alpha value is -1.94. The highest BCUT2D eigenvalue weighted by Gasteiger charge is 2.31. The number of hydrogen-bond acceptors (Lipinski definition) is 15. The second-order valence-electron chi connectivity index (χ2n) is 32.7. The van der Waals surface area contributed by atoms with Crippen LogP contribution < -0.4 is 0 Å². The van der Waals surface area contributed by atoms with Gasteiger partial charge < -0.3 is 33.8 Å². The lowest BCUT2D eigenvalue weighted by molar-refractivity contribution is -0.161. The molecule has 0 aliphatic rings. The molecule has 0 heterocycles. The number of phosphoric acid groups is 2. The van der Waals surface area contributed by atoms with E-state index in [0.29, 0.717) is 31.6 Å². The van der Waals surface area contributed by atoms with Crippen molar-refractivity contribution in [3.63, 3.8) is 0 Å². The van der Waals surface area contributed by atoms with E-state index in [0.717, 1.165) is 102 Å². The molecule has 642 valence electrons. The van der Waals surface area contributed by atoms with Crippen LogP contribution in [0.1, 0.15) is 478 Å². The van der Waals surface area contributed by atoms with Crippen molar-refractivity contribution >= 4 is 39.5 Å². The van der Waals surface area contributed by atoms with Gasteiger partial charge in [-0.1, -0.05) is 427 Å². The zero-order valence-electron chi connectivity index (χ0n) is 71.2. The highest BCUT2D eigenvalue weighted by molar-refractivity contribution is 7.47. The molecule has 0 saturated carbocycles. The van der Waals surface area contributed by atoms with Crippen LogP contribution in [0.25, 0.3) is 0 Å². The van der Waals surface area contributed by atoms with Crippen molar-refractivity contribution in [2.45, 2.75) is 496 Å². The molecule has 3 N–H and O–H groups in total. The van der Waals surface area contributed by atoms with E-state index in [2.05, 4.69) is 41.5 Å². The predicted molar refractivity (Wildman–Crippen MR) is 446 cm³/mol. The van der Waals surface area contributed by atoms with E-state index in [-0.39, 0.29) is 25.7 Å². The molecular formula is C89H174O17P2. The van der Waals surface area contributed by atoms with Gasteiger partial charge in [-0.05, 0) is 37.5 Å². The lowest BCUT2D eigenvalue weighted by atomic mass is 9.99. The molecule has 0 radical (unpaired) electrons. The van der Waals surface area contributed by atoms with Crippen LogP contribution in [0.4, 0.5) is 0 Å². The molecule has 19 heteroatoms. The number of phosphoric ester groups is 2. The Morgan fingerprint density at radius 2 is 0.472 bits per heavy atom. The molecule has 0 amide bonds. The van der Waals surface area contributed by atoms with Gasteiger partial charge in [-0.2, -0.15) is 0 Å². The van der Waals surface area contributed by atoms with E-state index in [9.17, 15) is 43.2 Å². The van der Waals surface area contributed by atoms with Crippen LogP contribution in [0.2, 0.25) is 0 Å². The number of carbonyl (C=O) groups excluding carboxylic acids is 4. The summed E-state index contributed by atoms with van der Waals surface area (Å²) >= 11 is 0. The third kappa shape index (κ3) is 80.7. The van der Waals surface area contributed by atoms with Crippen molar-refractivity contribution in [3.8, 4) is 0 Å². The van der Waals surface area contributed by atoms with Crippen LogP contribution in [0, 0.1) is 11.8 Å². The maximum absolute atomic E-state index is 13.2. The highest BCUT2D eigenvalue weighted by atomic mass is 31.2. The highest BCUT2D eigenvalue weighted by Crippen LogP contribution is 2.45. The van der Waals surface area contributed by atoms with E-state index in [4.69, 9.17) is 37.0 Å². The van der Waals surface area contributed by atoms with E-state index in [1.165, 1.54) is 289 Å². The zero-order valence-corrected chi connectivity index (χ0v) is 73.0. The zero-order chi connectivity index (χ0) is 79.2. The molecule has 3 unspecified atom stereocenters. The van der Waals surface area contributed by atoms with Crippen molar-refractivity contribution in [1.29, 1.82) is 0 Å². The molecule has 0 aliphatic carbocycles. The first-order valence-electron chi connectivity index (χ1n) is 46.0. The van der Waals surface area contributed by atoms with Crippen LogP contribution in [-0.4, -0.2) is 96.7 Å². The molecule has 0 aromatic rings. The third-order valence-corrected chi connectivity index (χ3v) is 23.2. The lowest BCUT2D eigenvalue weighted by Crippen LogP contribution is -2.30. The minimum Gasteiger partial charge on any atom is -0.462 e. The molecule has 0 rings (SSSR count). The van der Waals surface area contributed by atoms with Crippen molar-refractivity contribution in [1.82, 2.24) is 0 Å². The normalized spacial score (nSPS) is 14.0.